The zero-order valence-electron chi connectivity index (χ0n) is 11.0. The second-order valence-electron chi connectivity index (χ2n) is 6.26. The number of allylic oxidation sites excluding steroid dienone is 3. The molecule has 1 saturated carbocycles. The topological polar surface area (TPSA) is 37.3 Å². The fourth-order valence-electron chi connectivity index (χ4n) is 3.32. The molecule has 2 rings (SSSR count). The highest BCUT2D eigenvalue weighted by atomic mass is 16.4. The minimum atomic E-state index is -0.762. The van der Waals surface area contributed by atoms with Gasteiger partial charge in [-0.15, -0.1) is 0 Å². The fourth-order valence-corrected chi connectivity index (χ4v) is 3.32. The highest BCUT2D eigenvalue weighted by Crippen LogP contribution is 2.56. The molecule has 2 aliphatic carbocycles. The normalized spacial score (nSPS) is 31.9. The Morgan fingerprint density at radius 1 is 1.18 bits per heavy atom. The van der Waals surface area contributed by atoms with Gasteiger partial charge in [0.2, 0.25) is 0 Å². The van der Waals surface area contributed by atoms with Crippen molar-refractivity contribution in [1.82, 2.24) is 0 Å². The number of aliphatic carboxylic acids is 1. The van der Waals surface area contributed by atoms with Crippen LogP contribution >= 0.6 is 0 Å². The van der Waals surface area contributed by atoms with Crippen molar-refractivity contribution in [1.29, 1.82) is 0 Å². The van der Waals surface area contributed by atoms with Gasteiger partial charge in [0.1, 0.15) is 0 Å². The SMILES string of the molecule is CC1(C)CCCC2=CC=C(C(=O)O)CCC21C. The van der Waals surface area contributed by atoms with E-state index in [1.165, 1.54) is 18.4 Å². The molecule has 2 heteroatoms. The van der Waals surface area contributed by atoms with Crippen LogP contribution in [-0.2, 0) is 4.79 Å². The van der Waals surface area contributed by atoms with Crippen LogP contribution in [-0.4, -0.2) is 11.1 Å². The van der Waals surface area contributed by atoms with E-state index < -0.39 is 5.97 Å². The molecule has 0 aliphatic heterocycles. The van der Waals surface area contributed by atoms with Crippen molar-refractivity contribution in [2.75, 3.05) is 0 Å². The Bertz CT molecular complexity index is 401. The number of hydrogen-bond acceptors (Lipinski definition) is 1. The Morgan fingerprint density at radius 3 is 2.53 bits per heavy atom. The van der Waals surface area contributed by atoms with Crippen molar-refractivity contribution in [2.24, 2.45) is 10.8 Å². The third-order valence-electron chi connectivity index (χ3n) is 5.11. The average molecular weight is 234 g/mol. The summed E-state index contributed by atoms with van der Waals surface area (Å²) in [6, 6.07) is 0. The summed E-state index contributed by atoms with van der Waals surface area (Å²) in [4.78, 5) is 11.1. The summed E-state index contributed by atoms with van der Waals surface area (Å²) < 4.78 is 0. The first-order chi connectivity index (χ1) is 7.87. The van der Waals surface area contributed by atoms with Gasteiger partial charge in [0.15, 0.2) is 0 Å². The van der Waals surface area contributed by atoms with Crippen LogP contribution in [0.15, 0.2) is 23.3 Å². The standard InChI is InChI=1S/C15H22O2/c1-14(2)9-4-5-12-7-6-11(13(16)17)8-10-15(12,14)3/h6-7H,4-5,8-10H2,1-3H3,(H,16,17). The number of carboxylic acid groups (broad SMARTS) is 1. The highest BCUT2D eigenvalue weighted by molar-refractivity contribution is 5.87. The molecule has 2 nitrogen and oxygen atoms in total. The van der Waals surface area contributed by atoms with E-state index in [4.69, 9.17) is 5.11 Å². The Morgan fingerprint density at radius 2 is 1.88 bits per heavy atom. The van der Waals surface area contributed by atoms with Gasteiger partial charge < -0.3 is 5.11 Å². The molecule has 0 aromatic rings. The summed E-state index contributed by atoms with van der Waals surface area (Å²) in [6.07, 6.45) is 9.15. The molecule has 0 aromatic carbocycles. The van der Waals surface area contributed by atoms with Crippen molar-refractivity contribution < 1.29 is 9.90 Å². The van der Waals surface area contributed by atoms with Gasteiger partial charge in [-0.05, 0) is 42.9 Å². The highest BCUT2D eigenvalue weighted by Gasteiger charge is 2.45. The largest absolute Gasteiger partial charge is 0.478 e. The molecule has 0 amide bonds. The van der Waals surface area contributed by atoms with Crippen LogP contribution in [0.2, 0.25) is 0 Å². The zero-order chi connectivity index (χ0) is 12.7. The molecule has 1 unspecified atom stereocenters. The third kappa shape index (κ3) is 1.94. The van der Waals surface area contributed by atoms with Crippen molar-refractivity contribution in [3.63, 3.8) is 0 Å². The van der Waals surface area contributed by atoms with Crippen molar-refractivity contribution >= 4 is 5.97 Å². The molecule has 1 atom stereocenters. The molecule has 1 fully saturated rings. The van der Waals surface area contributed by atoms with Gasteiger partial charge in [-0.2, -0.15) is 0 Å². The minimum absolute atomic E-state index is 0.166. The summed E-state index contributed by atoms with van der Waals surface area (Å²) in [5.41, 5.74) is 2.45. The van der Waals surface area contributed by atoms with Gasteiger partial charge in [0, 0.05) is 5.57 Å². The lowest BCUT2D eigenvalue weighted by molar-refractivity contribution is -0.132. The minimum Gasteiger partial charge on any atom is -0.478 e. The smallest absolute Gasteiger partial charge is 0.331 e. The monoisotopic (exact) mass is 234 g/mol. The summed E-state index contributed by atoms with van der Waals surface area (Å²) in [7, 11) is 0. The molecule has 0 saturated heterocycles. The first-order valence-electron chi connectivity index (χ1n) is 6.50. The molecule has 17 heavy (non-hydrogen) atoms. The fraction of sp³-hybridized carbons (Fsp3) is 0.667. The van der Waals surface area contributed by atoms with Crippen molar-refractivity contribution in [3.05, 3.63) is 23.3 Å². The van der Waals surface area contributed by atoms with Gasteiger partial charge in [0.05, 0.1) is 0 Å². The number of fused-ring (bicyclic) bond motifs is 1. The van der Waals surface area contributed by atoms with Gasteiger partial charge in [-0.25, -0.2) is 4.79 Å². The van der Waals surface area contributed by atoms with E-state index in [1.807, 2.05) is 6.08 Å². The second kappa shape index (κ2) is 4.01. The lowest BCUT2D eigenvalue weighted by Crippen LogP contribution is -2.39. The average Bonchev–Trinajstić information content (AvgIpc) is 2.39. The number of carboxylic acids is 1. The molecule has 0 radical (unpaired) electrons. The van der Waals surface area contributed by atoms with Crippen molar-refractivity contribution in [2.45, 2.75) is 52.9 Å². The van der Waals surface area contributed by atoms with E-state index in [1.54, 1.807) is 0 Å². The first kappa shape index (κ1) is 12.4. The van der Waals surface area contributed by atoms with Crippen LogP contribution in [0.5, 0.6) is 0 Å². The molecule has 1 N–H and O–H groups in total. The van der Waals surface area contributed by atoms with Crippen molar-refractivity contribution in [3.8, 4) is 0 Å². The van der Waals surface area contributed by atoms with Gasteiger partial charge >= 0.3 is 5.97 Å². The van der Waals surface area contributed by atoms with E-state index in [2.05, 4.69) is 26.8 Å². The molecule has 0 aromatic heterocycles. The van der Waals surface area contributed by atoms with Crippen LogP contribution in [0.25, 0.3) is 0 Å². The van der Waals surface area contributed by atoms with Crippen LogP contribution in [0, 0.1) is 10.8 Å². The van der Waals surface area contributed by atoms with E-state index in [9.17, 15) is 4.79 Å². The summed E-state index contributed by atoms with van der Waals surface area (Å²) >= 11 is 0. The Hall–Kier alpha value is -1.05. The molecule has 0 spiro atoms. The van der Waals surface area contributed by atoms with E-state index in [0.717, 1.165) is 12.8 Å². The van der Waals surface area contributed by atoms with Crippen LogP contribution < -0.4 is 0 Å². The second-order valence-corrected chi connectivity index (χ2v) is 6.26. The molecular weight excluding hydrogens is 212 g/mol. The number of rotatable bonds is 1. The molecule has 0 bridgehead atoms. The number of hydrogen-bond donors (Lipinski definition) is 1. The van der Waals surface area contributed by atoms with Crippen LogP contribution in [0.3, 0.4) is 0 Å². The van der Waals surface area contributed by atoms with E-state index in [0.29, 0.717) is 12.0 Å². The van der Waals surface area contributed by atoms with E-state index >= 15 is 0 Å². The summed E-state index contributed by atoms with van der Waals surface area (Å²) in [6.45, 7) is 6.97. The Labute approximate surface area is 103 Å². The predicted molar refractivity (Wildman–Crippen MR) is 68.8 cm³/mol. The third-order valence-corrected chi connectivity index (χ3v) is 5.11. The molecule has 0 heterocycles. The van der Waals surface area contributed by atoms with Crippen LogP contribution in [0.1, 0.15) is 52.9 Å². The lowest BCUT2D eigenvalue weighted by atomic mass is 9.55. The van der Waals surface area contributed by atoms with E-state index in [-0.39, 0.29) is 10.8 Å². The maximum absolute atomic E-state index is 11.1. The first-order valence-corrected chi connectivity index (χ1v) is 6.50. The Balaban J connectivity index is 2.36. The summed E-state index contributed by atoms with van der Waals surface area (Å²) in [5.74, 6) is -0.762. The quantitative estimate of drug-likeness (QED) is 0.746. The maximum Gasteiger partial charge on any atom is 0.331 e. The lowest BCUT2D eigenvalue weighted by Gasteiger charge is -2.50. The molecule has 94 valence electrons. The maximum atomic E-state index is 11.1. The predicted octanol–water partition coefficient (Wildman–Crippen LogP) is 3.93. The van der Waals surface area contributed by atoms with Gasteiger partial charge in [-0.1, -0.05) is 38.5 Å². The zero-order valence-corrected chi connectivity index (χ0v) is 11.0. The molecule has 2 aliphatic rings. The van der Waals surface area contributed by atoms with Gasteiger partial charge in [0.25, 0.3) is 0 Å². The summed E-state index contributed by atoms with van der Waals surface area (Å²) in [5, 5.41) is 9.11. The van der Waals surface area contributed by atoms with Gasteiger partial charge in [-0.3, -0.25) is 0 Å². The Kier molecular flexibility index (Phi) is 2.92. The van der Waals surface area contributed by atoms with Crippen LogP contribution in [0.4, 0.5) is 0 Å². The molecular formula is C15H22O2. The number of carbonyl (C=O) groups is 1.